The van der Waals surface area contributed by atoms with E-state index in [4.69, 9.17) is 0 Å². The predicted octanol–water partition coefficient (Wildman–Crippen LogP) is 1.71. The molecule has 2 nitrogen and oxygen atoms in total. The van der Waals surface area contributed by atoms with Crippen LogP contribution in [0.4, 0.5) is 0 Å². The lowest BCUT2D eigenvalue weighted by Crippen LogP contribution is -2.25. The van der Waals surface area contributed by atoms with Crippen LogP contribution in [-0.2, 0) is 9.84 Å². The first-order chi connectivity index (χ1) is 6.16. The molecule has 0 radical (unpaired) electrons. The molecule has 1 saturated heterocycles. The van der Waals surface area contributed by atoms with E-state index in [1.165, 1.54) is 18.6 Å². The second-order valence-electron chi connectivity index (χ2n) is 4.13. The highest BCUT2D eigenvalue weighted by Gasteiger charge is 2.27. The standard InChI is InChI=1S/C9H16O2S2/c10-13(11)5-3-9(4-6-13)12-7-8-1-2-8/h8-9H,1-7H2. The molecule has 0 aromatic carbocycles. The molecule has 1 heterocycles. The molecule has 0 bridgehead atoms. The first kappa shape index (κ1) is 9.84. The summed E-state index contributed by atoms with van der Waals surface area (Å²) in [5, 5.41) is 0.629. The summed E-state index contributed by atoms with van der Waals surface area (Å²) in [6.45, 7) is 0. The van der Waals surface area contributed by atoms with E-state index in [-0.39, 0.29) is 0 Å². The van der Waals surface area contributed by atoms with E-state index >= 15 is 0 Å². The third kappa shape index (κ3) is 3.17. The monoisotopic (exact) mass is 220 g/mol. The molecule has 0 aromatic rings. The predicted molar refractivity (Wildman–Crippen MR) is 56.9 cm³/mol. The average Bonchev–Trinajstić information content (AvgIpc) is 2.86. The van der Waals surface area contributed by atoms with Crippen LogP contribution in [-0.4, -0.2) is 30.9 Å². The van der Waals surface area contributed by atoms with Gasteiger partial charge in [0.05, 0.1) is 11.5 Å². The minimum Gasteiger partial charge on any atom is -0.229 e. The van der Waals surface area contributed by atoms with Crippen molar-refractivity contribution in [2.75, 3.05) is 17.3 Å². The number of rotatable bonds is 3. The van der Waals surface area contributed by atoms with Gasteiger partial charge in [0.2, 0.25) is 0 Å². The molecule has 2 fully saturated rings. The molecule has 2 aliphatic rings. The Labute approximate surface area is 84.4 Å². The summed E-state index contributed by atoms with van der Waals surface area (Å²) in [6.07, 6.45) is 4.58. The molecule has 0 aromatic heterocycles. The molecule has 0 unspecified atom stereocenters. The van der Waals surface area contributed by atoms with E-state index in [0.717, 1.165) is 18.8 Å². The van der Waals surface area contributed by atoms with Gasteiger partial charge in [0.25, 0.3) is 0 Å². The minimum absolute atomic E-state index is 0.426. The van der Waals surface area contributed by atoms with Gasteiger partial charge in [-0.25, -0.2) is 8.42 Å². The summed E-state index contributed by atoms with van der Waals surface area (Å²) in [7, 11) is -2.65. The molecule has 13 heavy (non-hydrogen) atoms. The lowest BCUT2D eigenvalue weighted by molar-refractivity contribution is 0.577. The van der Waals surface area contributed by atoms with Gasteiger partial charge in [-0.05, 0) is 37.4 Å². The maximum Gasteiger partial charge on any atom is 0.150 e. The van der Waals surface area contributed by atoms with Gasteiger partial charge < -0.3 is 0 Å². The van der Waals surface area contributed by atoms with Crippen molar-refractivity contribution in [3.8, 4) is 0 Å². The first-order valence-electron chi connectivity index (χ1n) is 4.98. The highest BCUT2D eigenvalue weighted by molar-refractivity contribution is 8.00. The molecule has 1 aliphatic carbocycles. The van der Waals surface area contributed by atoms with Crippen LogP contribution in [0.3, 0.4) is 0 Å². The normalized spacial score (nSPS) is 28.9. The van der Waals surface area contributed by atoms with Crippen LogP contribution in [0.15, 0.2) is 0 Å². The smallest absolute Gasteiger partial charge is 0.150 e. The van der Waals surface area contributed by atoms with Crippen LogP contribution >= 0.6 is 11.8 Å². The van der Waals surface area contributed by atoms with E-state index in [2.05, 4.69) is 0 Å². The van der Waals surface area contributed by atoms with Gasteiger partial charge in [0, 0.05) is 5.25 Å². The second-order valence-corrected chi connectivity index (χ2v) is 7.76. The number of sulfone groups is 1. The first-order valence-corrected chi connectivity index (χ1v) is 7.85. The molecule has 0 spiro atoms. The Kier molecular flexibility index (Phi) is 2.88. The molecule has 4 heteroatoms. The van der Waals surface area contributed by atoms with E-state index in [1.807, 2.05) is 11.8 Å². The van der Waals surface area contributed by atoms with Crippen LogP contribution in [0.25, 0.3) is 0 Å². The zero-order chi connectivity index (χ0) is 9.31. The molecule has 0 amide bonds. The summed E-state index contributed by atoms with van der Waals surface area (Å²) in [4.78, 5) is 0. The SMILES string of the molecule is O=S1(=O)CCC(SCC2CC2)CC1. The van der Waals surface area contributed by atoms with Gasteiger partial charge in [0.1, 0.15) is 9.84 Å². The average molecular weight is 220 g/mol. The molecule has 0 N–H and O–H groups in total. The second kappa shape index (κ2) is 3.81. The largest absolute Gasteiger partial charge is 0.229 e. The fourth-order valence-electron chi connectivity index (χ4n) is 1.59. The highest BCUT2D eigenvalue weighted by atomic mass is 32.2. The van der Waals surface area contributed by atoms with Crippen molar-refractivity contribution in [1.29, 1.82) is 0 Å². The Hall–Kier alpha value is 0.300. The van der Waals surface area contributed by atoms with E-state index in [9.17, 15) is 8.42 Å². The van der Waals surface area contributed by atoms with Crippen molar-refractivity contribution in [2.45, 2.75) is 30.9 Å². The highest BCUT2D eigenvalue weighted by Crippen LogP contribution is 2.35. The Balaban J connectivity index is 1.71. The van der Waals surface area contributed by atoms with Crippen LogP contribution in [0, 0.1) is 5.92 Å². The van der Waals surface area contributed by atoms with Gasteiger partial charge in [0.15, 0.2) is 0 Å². The number of hydrogen-bond acceptors (Lipinski definition) is 3. The van der Waals surface area contributed by atoms with Gasteiger partial charge in [-0.2, -0.15) is 11.8 Å². The zero-order valence-corrected chi connectivity index (χ0v) is 9.37. The third-order valence-electron chi connectivity index (χ3n) is 2.77. The van der Waals surface area contributed by atoms with Crippen LogP contribution in [0.5, 0.6) is 0 Å². The Bertz CT molecular complexity index is 253. The van der Waals surface area contributed by atoms with Crippen LogP contribution in [0.2, 0.25) is 0 Å². The molecule has 0 atom stereocenters. The Morgan fingerprint density at radius 1 is 1.08 bits per heavy atom. The van der Waals surface area contributed by atoms with Gasteiger partial charge in [-0.1, -0.05) is 0 Å². The Morgan fingerprint density at radius 3 is 2.23 bits per heavy atom. The van der Waals surface area contributed by atoms with Crippen LogP contribution < -0.4 is 0 Å². The zero-order valence-electron chi connectivity index (χ0n) is 7.74. The summed E-state index contributed by atoms with van der Waals surface area (Å²) < 4.78 is 22.3. The minimum atomic E-state index is -2.65. The maximum atomic E-state index is 11.1. The topological polar surface area (TPSA) is 34.1 Å². The summed E-state index contributed by atoms with van der Waals surface area (Å²) >= 11 is 2.00. The van der Waals surface area contributed by atoms with E-state index in [0.29, 0.717) is 16.8 Å². The van der Waals surface area contributed by atoms with Gasteiger partial charge >= 0.3 is 0 Å². The lowest BCUT2D eigenvalue weighted by Gasteiger charge is -2.21. The van der Waals surface area contributed by atoms with Crippen LogP contribution in [0.1, 0.15) is 25.7 Å². The molecular weight excluding hydrogens is 204 g/mol. The quantitative estimate of drug-likeness (QED) is 0.726. The maximum absolute atomic E-state index is 11.1. The third-order valence-corrected chi connectivity index (χ3v) is 6.09. The van der Waals surface area contributed by atoms with Crippen molar-refractivity contribution >= 4 is 21.6 Å². The molecule has 76 valence electrons. The molecule has 2 rings (SSSR count). The van der Waals surface area contributed by atoms with E-state index in [1.54, 1.807) is 0 Å². The van der Waals surface area contributed by atoms with Crippen molar-refractivity contribution in [2.24, 2.45) is 5.92 Å². The Morgan fingerprint density at radius 2 is 1.69 bits per heavy atom. The van der Waals surface area contributed by atoms with Crippen molar-refractivity contribution in [1.82, 2.24) is 0 Å². The molecule has 1 aliphatic heterocycles. The van der Waals surface area contributed by atoms with Gasteiger partial charge in [-0.3, -0.25) is 0 Å². The fourth-order valence-corrected chi connectivity index (χ4v) is 4.83. The lowest BCUT2D eigenvalue weighted by atomic mass is 10.2. The van der Waals surface area contributed by atoms with Gasteiger partial charge in [-0.15, -0.1) is 0 Å². The summed E-state index contributed by atoms with van der Waals surface area (Å²) in [6, 6.07) is 0. The number of hydrogen-bond donors (Lipinski definition) is 0. The van der Waals surface area contributed by atoms with Crippen molar-refractivity contribution < 1.29 is 8.42 Å². The molecule has 1 saturated carbocycles. The van der Waals surface area contributed by atoms with E-state index < -0.39 is 9.84 Å². The molecular formula is C9H16O2S2. The fraction of sp³-hybridized carbons (Fsp3) is 1.00. The van der Waals surface area contributed by atoms with Crippen molar-refractivity contribution in [3.05, 3.63) is 0 Å². The summed E-state index contributed by atoms with van der Waals surface area (Å²) in [5.74, 6) is 3.08. The van der Waals surface area contributed by atoms with Crippen molar-refractivity contribution in [3.63, 3.8) is 0 Å². The number of thioether (sulfide) groups is 1. The summed E-state index contributed by atoms with van der Waals surface area (Å²) in [5.41, 5.74) is 0.